The third kappa shape index (κ3) is 26.9. The Morgan fingerprint density at radius 1 is 0.576 bits per heavy atom. The summed E-state index contributed by atoms with van der Waals surface area (Å²) in [4.78, 5) is 23.2. The SMILES string of the molecule is CC(C)(C)COC(=O)CCCCNCCOCCOCCNCCCC(=O)OCC(C)(C)C. The molecule has 0 spiro atoms. The average Bonchev–Trinajstić information content (AvgIpc) is 2.72. The van der Waals surface area contributed by atoms with Gasteiger partial charge in [-0.1, -0.05) is 41.5 Å². The van der Waals surface area contributed by atoms with Gasteiger partial charge in [-0.2, -0.15) is 0 Å². The molecule has 0 unspecified atom stereocenters. The minimum atomic E-state index is -0.133. The number of carbonyl (C=O) groups excluding carboxylic acids is 2. The molecule has 0 aliphatic heterocycles. The maximum Gasteiger partial charge on any atom is 0.305 e. The first-order valence-corrected chi connectivity index (χ1v) is 12.4. The second-order valence-electron chi connectivity index (χ2n) is 10.7. The summed E-state index contributed by atoms with van der Waals surface area (Å²) < 4.78 is 21.5. The Hall–Kier alpha value is -1.22. The molecule has 0 fully saturated rings. The molecule has 33 heavy (non-hydrogen) atoms. The number of esters is 2. The van der Waals surface area contributed by atoms with E-state index in [1.54, 1.807) is 0 Å². The molecule has 196 valence electrons. The predicted octanol–water partition coefficient (Wildman–Crippen LogP) is 3.33. The van der Waals surface area contributed by atoms with Crippen molar-refractivity contribution >= 4 is 11.9 Å². The second kappa shape index (κ2) is 19.1. The van der Waals surface area contributed by atoms with Gasteiger partial charge < -0.3 is 29.6 Å². The van der Waals surface area contributed by atoms with Crippen LogP contribution in [-0.4, -0.2) is 77.8 Å². The molecule has 8 nitrogen and oxygen atoms in total. The van der Waals surface area contributed by atoms with E-state index in [2.05, 4.69) is 31.4 Å². The van der Waals surface area contributed by atoms with Crippen LogP contribution in [0.2, 0.25) is 0 Å². The van der Waals surface area contributed by atoms with Crippen LogP contribution in [0.1, 0.15) is 73.6 Å². The number of unbranched alkanes of at least 4 members (excludes halogenated alkanes) is 1. The van der Waals surface area contributed by atoms with Gasteiger partial charge in [0.15, 0.2) is 0 Å². The van der Waals surface area contributed by atoms with Crippen LogP contribution in [0.15, 0.2) is 0 Å². The first-order valence-electron chi connectivity index (χ1n) is 12.4. The van der Waals surface area contributed by atoms with Crippen molar-refractivity contribution in [1.82, 2.24) is 10.6 Å². The maximum absolute atomic E-state index is 11.6. The highest BCUT2D eigenvalue weighted by Gasteiger charge is 2.14. The summed E-state index contributed by atoms with van der Waals surface area (Å²) in [6, 6.07) is 0. The van der Waals surface area contributed by atoms with Crippen molar-refractivity contribution in [2.24, 2.45) is 10.8 Å². The number of nitrogens with one attached hydrogen (secondary N) is 2. The van der Waals surface area contributed by atoms with Gasteiger partial charge in [0.2, 0.25) is 0 Å². The van der Waals surface area contributed by atoms with E-state index in [0.717, 1.165) is 45.4 Å². The molecular weight excluding hydrogens is 424 g/mol. The highest BCUT2D eigenvalue weighted by atomic mass is 16.5. The third-order valence-electron chi connectivity index (χ3n) is 4.27. The van der Waals surface area contributed by atoms with E-state index in [9.17, 15) is 9.59 Å². The van der Waals surface area contributed by atoms with E-state index >= 15 is 0 Å². The van der Waals surface area contributed by atoms with Crippen molar-refractivity contribution in [2.45, 2.75) is 73.6 Å². The first kappa shape index (κ1) is 31.8. The van der Waals surface area contributed by atoms with E-state index in [0.29, 0.717) is 52.5 Å². The van der Waals surface area contributed by atoms with Crippen molar-refractivity contribution in [3.63, 3.8) is 0 Å². The van der Waals surface area contributed by atoms with Crippen molar-refractivity contribution in [1.29, 1.82) is 0 Å². The van der Waals surface area contributed by atoms with E-state index < -0.39 is 0 Å². The van der Waals surface area contributed by atoms with Crippen LogP contribution < -0.4 is 10.6 Å². The Morgan fingerprint density at radius 2 is 1.00 bits per heavy atom. The fourth-order valence-electron chi connectivity index (χ4n) is 2.48. The van der Waals surface area contributed by atoms with Gasteiger partial charge >= 0.3 is 11.9 Å². The molecule has 0 amide bonds. The van der Waals surface area contributed by atoms with Crippen LogP contribution in [0.3, 0.4) is 0 Å². The zero-order chi connectivity index (χ0) is 25.0. The van der Waals surface area contributed by atoms with Crippen LogP contribution in [0.25, 0.3) is 0 Å². The number of hydrogen-bond acceptors (Lipinski definition) is 8. The van der Waals surface area contributed by atoms with Crippen LogP contribution in [0, 0.1) is 10.8 Å². The van der Waals surface area contributed by atoms with Gasteiger partial charge in [-0.25, -0.2) is 0 Å². The summed E-state index contributed by atoms with van der Waals surface area (Å²) in [6.45, 7) is 18.8. The molecule has 0 atom stereocenters. The Labute approximate surface area is 201 Å². The van der Waals surface area contributed by atoms with Crippen molar-refractivity contribution in [3.05, 3.63) is 0 Å². The lowest BCUT2D eigenvalue weighted by Gasteiger charge is -2.17. The normalized spacial score (nSPS) is 12.1. The van der Waals surface area contributed by atoms with Crippen LogP contribution in [0.5, 0.6) is 0 Å². The standard InChI is InChI=1S/C25H50N2O6/c1-24(2,3)20-32-22(28)10-7-8-12-26-14-16-30-18-19-31-17-15-27-13-9-11-23(29)33-21-25(4,5)6/h26-27H,7-21H2,1-6H3. The molecule has 0 aromatic heterocycles. The summed E-state index contributed by atoms with van der Waals surface area (Å²) in [7, 11) is 0. The molecule has 2 N–H and O–H groups in total. The lowest BCUT2D eigenvalue weighted by atomic mass is 9.99. The number of carbonyl (C=O) groups is 2. The van der Waals surface area contributed by atoms with Gasteiger partial charge in [-0.15, -0.1) is 0 Å². The highest BCUT2D eigenvalue weighted by molar-refractivity contribution is 5.69. The van der Waals surface area contributed by atoms with E-state index in [1.165, 1.54) is 0 Å². The first-order chi connectivity index (χ1) is 15.5. The summed E-state index contributed by atoms with van der Waals surface area (Å²) >= 11 is 0. The van der Waals surface area contributed by atoms with Crippen LogP contribution in [-0.2, 0) is 28.5 Å². The largest absolute Gasteiger partial charge is 0.465 e. The van der Waals surface area contributed by atoms with Crippen molar-refractivity contribution < 1.29 is 28.5 Å². The molecule has 0 aliphatic rings. The molecule has 0 saturated carbocycles. The summed E-state index contributed by atoms with van der Waals surface area (Å²) in [6.07, 6.45) is 3.46. The fraction of sp³-hybridized carbons (Fsp3) is 0.920. The number of hydrogen-bond donors (Lipinski definition) is 2. The van der Waals surface area contributed by atoms with E-state index in [1.807, 2.05) is 20.8 Å². The second-order valence-corrected chi connectivity index (χ2v) is 10.7. The summed E-state index contributed by atoms with van der Waals surface area (Å²) in [5.74, 6) is -0.245. The van der Waals surface area contributed by atoms with Gasteiger partial charge in [-0.3, -0.25) is 9.59 Å². The molecule has 0 heterocycles. The molecule has 0 aromatic rings. The van der Waals surface area contributed by atoms with Crippen LogP contribution in [0.4, 0.5) is 0 Å². The van der Waals surface area contributed by atoms with Gasteiger partial charge in [0.25, 0.3) is 0 Å². The minimum absolute atomic E-state index is 0.00969. The quantitative estimate of drug-likeness (QED) is 0.205. The molecule has 0 rings (SSSR count). The molecule has 0 saturated heterocycles. The fourth-order valence-corrected chi connectivity index (χ4v) is 2.48. The van der Waals surface area contributed by atoms with Crippen molar-refractivity contribution in [3.8, 4) is 0 Å². The zero-order valence-electron chi connectivity index (χ0n) is 22.1. The van der Waals surface area contributed by atoms with Crippen LogP contribution >= 0.6 is 0 Å². The Morgan fingerprint density at radius 3 is 1.45 bits per heavy atom. The monoisotopic (exact) mass is 474 g/mol. The molecule has 0 bridgehead atoms. The number of rotatable bonds is 20. The molecule has 0 aromatic carbocycles. The molecule has 0 radical (unpaired) electrons. The Kier molecular flexibility index (Phi) is 18.4. The average molecular weight is 475 g/mol. The summed E-state index contributed by atoms with van der Waals surface area (Å²) in [5, 5.41) is 6.56. The predicted molar refractivity (Wildman–Crippen MR) is 131 cm³/mol. The topological polar surface area (TPSA) is 95.1 Å². The van der Waals surface area contributed by atoms with E-state index in [4.69, 9.17) is 18.9 Å². The molecule has 0 aliphatic carbocycles. The van der Waals surface area contributed by atoms with Gasteiger partial charge in [0, 0.05) is 25.9 Å². The van der Waals surface area contributed by atoms with E-state index in [-0.39, 0.29) is 22.8 Å². The number of ether oxygens (including phenoxy) is 4. The zero-order valence-corrected chi connectivity index (χ0v) is 22.1. The third-order valence-corrected chi connectivity index (χ3v) is 4.27. The Bertz CT molecular complexity index is 456. The minimum Gasteiger partial charge on any atom is -0.465 e. The Balaban J connectivity index is 3.24. The van der Waals surface area contributed by atoms with Gasteiger partial charge in [0.05, 0.1) is 39.6 Å². The highest BCUT2D eigenvalue weighted by Crippen LogP contribution is 2.14. The van der Waals surface area contributed by atoms with Gasteiger partial charge in [-0.05, 0) is 43.2 Å². The lowest BCUT2D eigenvalue weighted by molar-refractivity contribution is -0.147. The summed E-state index contributed by atoms with van der Waals surface area (Å²) in [5.41, 5.74) is 0.0270. The smallest absolute Gasteiger partial charge is 0.305 e. The van der Waals surface area contributed by atoms with Crippen molar-refractivity contribution in [2.75, 3.05) is 65.8 Å². The van der Waals surface area contributed by atoms with Gasteiger partial charge in [0.1, 0.15) is 0 Å². The molecule has 8 heteroatoms. The molecular formula is C25H50N2O6. The maximum atomic E-state index is 11.6. The lowest BCUT2D eigenvalue weighted by Crippen LogP contribution is -2.24.